The lowest BCUT2D eigenvalue weighted by Gasteiger charge is -2.21. The first kappa shape index (κ1) is 20.7. The fraction of sp³-hybridized carbons (Fsp3) is 0.0714. The van der Waals surface area contributed by atoms with Crippen molar-refractivity contribution >= 4 is 66.8 Å². The van der Waals surface area contributed by atoms with Gasteiger partial charge >= 0.3 is 12.1 Å². The number of carbonyl (C=O) groups excluding carboxylic acids is 2. The van der Waals surface area contributed by atoms with Gasteiger partial charge in [-0.3, -0.25) is 0 Å². The highest BCUT2D eigenvalue weighted by Crippen LogP contribution is 2.36. The summed E-state index contributed by atoms with van der Waals surface area (Å²) in [5.41, 5.74) is 11.5. The Morgan fingerprint density at radius 3 is 2.15 bits per heavy atom. The molecule has 142 valence electrons. The van der Waals surface area contributed by atoms with E-state index in [1.54, 1.807) is 19.2 Å². The monoisotopic (exact) mass is 499 g/mol. The highest BCUT2D eigenvalue weighted by atomic mass is 79.9. The number of azo groups is 1. The highest BCUT2D eigenvalue weighted by Gasteiger charge is 2.19. The lowest BCUT2D eigenvalue weighted by Crippen LogP contribution is -2.43. The number of hydrazine groups is 2. The molecule has 2 aromatic rings. The van der Waals surface area contributed by atoms with Gasteiger partial charge in [0.1, 0.15) is 5.69 Å². The van der Waals surface area contributed by atoms with Crippen LogP contribution in [0.4, 0.5) is 32.5 Å². The fourth-order valence-electron chi connectivity index (χ4n) is 2.02. The molecule has 0 saturated heterocycles. The van der Waals surface area contributed by atoms with E-state index in [0.717, 1.165) is 4.47 Å². The van der Waals surface area contributed by atoms with Crippen molar-refractivity contribution in [2.24, 2.45) is 33.4 Å². The summed E-state index contributed by atoms with van der Waals surface area (Å²) in [5.74, 6) is 11.6. The Kier molecular flexibility index (Phi) is 6.43. The first-order valence-corrected chi connectivity index (χ1v) is 8.76. The third kappa shape index (κ3) is 4.77. The number of hydrogen-bond acceptors (Lipinski definition) is 7. The summed E-state index contributed by atoms with van der Waals surface area (Å²) >= 11 is 6.61. The number of halogens is 2. The number of benzene rings is 1. The van der Waals surface area contributed by atoms with Crippen molar-refractivity contribution in [3.8, 4) is 0 Å². The molecule has 0 spiro atoms. The van der Waals surface area contributed by atoms with Crippen molar-refractivity contribution in [1.82, 2.24) is 4.98 Å². The molecule has 0 atom stereocenters. The van der Waals surface area contributed by atoms with Gasteiger partial charge in [0.2, 0.25) is 0 Å². The third-order valence-corrected chi connectivity index (χ3v) is 4.35. The summed E-state index contributed by atoms with van der Waals surface area (Å²) in [5, 5.41) is 9.49. The zero-order valence-electron chi connectivity index (χ0n) is 13.9. The standard InChI is InChI=1S/C14H15Br2N9O2/c1-6-2-9(22-23-12-8(16)3-7(15)5-21-12)11(25(20)14(18)27)4-10(6)24(19)13(17)26/h2-5H,19-20H2,1H3,(H2,17,26)(H2,18,27). The number of hydrogen-bond donors (Lipinski definition) is 4. The number of nitrogens with zero attached hydrogens (tertiary/aromatic N) is 5. The minimum absolute atomic E-state index is 0.0665. The number of nitrogens with two attached hydrogens (primary N) is 4. The van der Waals surface area contributed by atoms with Crippen LogP contribution >= 0.6 is 31.9 Å². The van der Waals surface area contributed by atoms with Gasteiger partial charge in [-0.25, -0.2) is 36.3 Å². The van der Waals surface area contributed by atoms with Crippen LogP contribution in [0.1, 0.15) is 5.56 Å². The molecule has 0 radical (unpaired) electrons. The van der Waals surface area contributed by atoms with Crippen LogP contribution in [0, 0.1) is 6.92 Å². The van der Waals surface area contributed by atoms with E-state index in [2.05, 4.69) is 47.1 Å². The lowest BCUT2D eigenvalue weighted by atomic mass is 10.1. The molecule has 0 unspecified atom stereocenters. The molecule has 0 fully saturated rings. The van der Waals surface area contributed by atoms with E-state index in [1.165, 1.54) is 12.1 Å². The Balaban J connectivity index is 2.57. The van der Waals surface area contributed by atoms with Gasteiger partial charge in [-0.2, -0.15) is 0 Å². The summed E-state index contributed by atoms with van der Waals surface area (Å²) in [6.07, 6.45) is 1.55. The molecule has 0 aliphatic carbocycles. The van der Waals surface area contributed by atoms with Crippen LogP contribution in [-0.4, -0.2) is 17.0 Å². The van der Waals surface area contributed by atoms with Gasteiger partial charge in [-0.15, -0.1) is 10.2 Å². The molecule has 0 saturated carbocycles. The van der Waals surface area contributed by atoms with Crippen molar-refractivity contribution in [2.45, 2.75) is 6.92 Å². The number of aryl methyl sites for hydroxylation is 1. The summed E-state index contributed by atoms with van der Waals surface area (Å²) in [4.78, 5) is 27.0. The molecule has 13 heteroatoms. The predicted molar refractivity (Wildman–Crippen MR) is 107 cm³/mol. The van der Waals surface area contributed by atoms with Crippen LogP contribution < -0.4 is 33.2 Å². The Hall–Kier alpha value is -2.61. The second kappa shape index (κ2) is 8.39. The predicted octanol–water partition coefficient (Wildman–Crippen LogP) is 2.85. The van der Waals surface area contributed by atoms with Crippen molar-refractivity contribution in [2.75, 3.05) is 10.0 Å². The van der Waals surface area contributed by atoms with Gasteiger partial charge in [-0.05, 0) is 62.5 Å². The van der Waals surface area contributed by atoms with E-state index in [4.69, 9.17) is 23.2 Å². The Bertz CT molecular complexity index is 935. The SMILES string of the molecule is Cc1cc(N=Nc2ncc(Br)cc2Br)c(N(N)C(N)=O)cc1N(N)C(N)=O. The molecule has 4 amide bonds. The molecule has 2 rings (SSSR count). The molecule has 0 aliphatic heterocycles. The number of carbonyl (C=O) groups is 2. The van der Waals surface area contributed by atoms with Crippen molar-refractivity contribution < 1.29 is 9.59 Å². The minimum atomic E-state index is -0.952. The van der Waals surface area contributed by atoms with Crippen LogP contribution in [0.5, 0.6) is 0 Å². The van der Waals surface area contributed by atoms with Gasteiger partial charge in [0.25, 0.3) is 0 Å². The average Bonchev–Trinajstić information content (AvgIpc) is 2.59. The fourth-order valence-corrected chi connectivity index (χ4v) is 3.09. The van der Waals surface area contributed by atoms with Crippen LogP contribution in [0.15, 0.2) is 43.6 Å². The Labute approximate surface area is 170 Å². The summed E-state index contributed by atoms with van der Waals surface area (Å²) in [6.45, 7) is 1.67. The minimum Gasteiger partial charge on any atom is -0.350 e. The Morgan fingerprint density at radius 1 is 1.00 bits per heavy atom. The number of aromatic nitrogens is 1. The van der Waals surface area contributed by atoms with E-state index in [9.17, 15) is 9.59 Å². The van der Waals surface area contributed by atoms with Gasteiger partial charge in [0.05, 0.1) is 15.8 Å². The third-order valence-electron chi connectivity index (χ3n) is 3.33. The number of urea groups is 2. The molecular formula is C14H15Br2N9O2. The summed E-state index contributed by atoms with van der Waals surface area (Å²) in [6, 6.07) is 2.76. The second-order valence-corrected chi connectivity index (χ2v) is 6.97. The van der Waals surface area contributed by atoms with Gasteiger partial charge in [0, 0.05) is 10.7 Å². The smallest absolute Gasteiger partial charge is 0.333 e. The van der Waals surface area contributed by atoms with Crippen LogP contribution in [0.3, 0.4) is 0 Å². The van der Waals surface area contributed by atoms with E-state index >= 15 is 0 Å². The molecule has 11 nitrogen and oxygen atoms in total. The molecule has 0 bridgehead atoms. The maximum absolute atomic E-state index is 11.5. The van der Waals surface area contributed by atoms with Crippen LogP contribution in [0.2, 0.25) is 0 Å². The van der Waals surface area contributed by atoms with Crippen molar-refractivity contribution in [1.29, 1.82) is 0 Å². The largest absolute Gasteiger partial charge is 0.350 e. The number of rotatable bonds is 4. The highest BCUT2D eigenvalue weighted by molar-refractivity contribution is 9.11. The van der Waals surface area contributed by atoms with Crippen LogP contribution in [-0.2, 0) is 0 Å². The second-order valence-electron chi connectivity index (χ2n) is 5.20. The average molecular weight is 501 g/mol. The summed E-state index contributed by atoms with van der Waals surface area (Å²) < 4.78 is 1.35. The van der Waals surface area contributed by atoms with Gasteiger partial charge in [-0.1, -0.05) is 0 Å². The number of primary amides is 2. The maximum atomic E-state index is 11.5. The van der Waals surface area contributed by atoms with Crippen LogP contribution in [0.25, 0.3) is 0 Å². The number of amides is 4. The summed E-state index contributed by atoms with van der Waals surface area (Å²) in [7, 11) is 0. The topological polar surface area (TPSA) is 182 Å². The zero-order valence-corrected chi connectivity index (χ0v) is 17.1. The van der Waals surface area contributed by atoms with Crippen molar-refractivity contribution in [3.63, 3.8) is 0 Å². The Morgan fingerprint density at radius 2 is 1.59 bits per heavy atom. The van der Waals surface area contributed by atoms with Crippen molar-refractivity contribution in [3.05, 3.63) is 38.9 Å². The lowest BCUT2D eigenvalue weighted by molar-refractivity contribution is 0.253. The zero-order chi connectivity index (χ0) is 20.3. The molecule has 1 aromatic carbocycles. The van der Waals surface area contributed by atoms with Gasteiger partial charge in [0.15, 0.2) is 5.82 Å². The van der Waals surface area contributed by atoms with E-state index in [-0.39, 0.29) is 17.1 Å². The molecular weight excluding hydrogens is 486 g/mol. The first-order chi connectivity index (χ1) is 12.6. The first-order valence-electron chi connectivity index (χ1n) is 7.17. The maximum Gasteiger partial charge on any atom is 0.333 e. The molecule has 27 heavy (non-hydrogen) atoms. The quantitative estimate of drug-likeness (QED) is 0.217. The normalized spacial score (nSPS) is 10.9. The molecule has 1 aromatic heterocycles. The number of pyridine rings is 1. The van der Waals surface area contributed by atoms with Gasteiger partial charge < -0.3 is 11.5 Å². The van der Waals surface area contributed by atoms with E-state index in [0.29, 0.717) is 25.9 Å². The molecule has 1 heterocycles. The molecule has 8 N–H and O–H groups in total. The number of anilines is 2. The van der Waals surface area contributed by atoms with E-state index in [1.807, 2.05) is 0 Å². The molecule has 0 aliphatic rings. The van der Waals surface area contributed by atoms with E-state index < -0.39 is 12.1 Å².